The molecule has 0 radical (unpaired) electrons. The Morgan fingerprint density at radius 3 is 2.74 bits per heavy atom. The lowest BCUT2D eigenvalue weighted by atomic mass is 9.86. The number of nitrogens with two attached hydrogens (primary N) is 1. The van der Waals surface area contributed by atoms with Crippen molar-refractivity contribution in [2.45, 2.75) is 5.92 Å². The molecule has 0 bridgehead atoms. The van der Waals surface area contributed by atoms with Gasteiger partial charge in [0.1, 0.15) is 28.7 Å². The van der Waals surface area contributed by atoms with E-state index < -0.39 is 11.5 Å². The summed E-state index contributed by atoms with van der Waals surface area (Å²) in [4.78, 5) is 11.6. The van der Waals surface area contributed by atoms with Gasteiger partial charge >= 0.3 is 5.63 Å². The molecule has 0 saturated heterocycles. The molecule has 0 spiro atoms. The molecular formula is C17H10N2O4. The van der Waals surface area contributed by atoms with E-state index in [0.29, 0.717) is 22.7 Å². The van der Waals surface area contributed by atoms with E-state index in [4.69, 9.17) is 19.3 Å². The number of hydrogen-bond acceptors (Lipinski definition) is 6. The van der Waals surface area contributed by atoms with E-state index in [1.807, 2.05) is 0 Å². The molecule has 0 amide bonds. The number of furan rings is 1. The van der Waals surface area contributed by atoms with Gasteiger partial charge in [-0.05, 0) is 30.3 Å². The van der Waals surface area contributed by atoms with Gasteiger partial charge in [-0.1, -0.05) is 0 Å². The van der Waals surface area contributed by atoms with Crippen LogP contribution in [-0.2, 0) is 0 Å². The zero-order valence-electron chi connectivity index (χ0n) is 11.8. The number of fused-ring (bicyclic) bond motifs is 3. The van der Waals surface area contributed by atoms with Gasteiger partial charge in [-0.15, -0.1) is 0 Å². The molecule has 0 fully saturated rings. The zero-order chi connectivity index (χ0) is 16.0. The molecule has 6 nitrogen and oxygen atoms in total. The average molecular weight is 306 g/mol. The SMILES string of the molecule is N#CC1=C(N)Oc2ccc3ccc(=O)oc3c2[C@@H]1c1ccco1. The molecule has 4 rings (SSSR count). The fourth-order valence-electron chi connectivity index (χ4n) is 2.82. The van der Waals surface area contributed by atoms with Crippen LogP contribution in [0.3, 0.4) is 0 Å². The maximum Gasteiger partial charge on any atom is 0.336 e. The highest BCUT2D eigenvalue weighted by Gasteiger charge is 2.35. The Labute approximate surface area is 130 Å². The molecule has 1 aliphatic heterocycles. The van der Waals surface area contributed by atoms with Crippen molar-refractivity contribution >= 4 is 11.0 Å². The summed E-state index contributed by atoms with van der Waals surface area (Å²) in [7, 11) is 0. The molecular weight excluding hydrogens is 296 g/mol. The third kappa shape index (κ3) is 1.91. The molecule has 1 atom stereocenters. The van der Waals surface area contributed by atoms with Crippen LogP contribution in [0.1, 0.15) is 17.2 Å². The minimum atomic E-state index is -0.590. The van der Waals surface area contributed by atoms with Crippen LogP contribution < -0.4 is 16.1 Å². The zero-order valence-corrected chi connectivity index (χ0v) is 11.8. The molecule has 2 N–H and O–H groups in total. The van der Waals surface area contributed by atoms with Crippen LogP contribution >= 0.6 is 0 Å². The highest BCUT2D eigenvalue weighted by molar-refractivity contribution is 5.84. The smallest absolute Gasteiger partial charge is 0.336 e. The molecule has 0 unspecified atom stereocenters. The van der Waals surface area contributed by atoms with Crippen molar-refractivity contribution in [3.63, 3.8) is 0 Å². The van der Waals surface area contributed by atoms with Crippen molar-refractivity contribution in [3.8, 4) is 11.8 Å². The second kappa shape index (κ2) is 4.78. The van der Waals surface area contributed by atoms with Crippen molar-refractivity contribution in [1.82, 2.24) is 0 Å². The highest BCUT2D eigenvalue weighted by atomic mass is 16.5. The fraction of sp³-hybridized carbons (Fsp3) is 0.0588. The van der Waals surface area contributed by atoms with Crippen molar-refractivity contribution in [2.75, 3.05) is 0 Å². The Hall–Kier alpha value is -3.46. The Balaban J connectivity index is 2.11. The van der Waals surface area contributed by atoms with E-state index in [9.17, 15) is 10.1 Å². The summed E-state index contributed by atoms with van der Waals surface area (Å²) in [6.45, 7) is 0. The standard InChI is InChI=1S/C17H10N2O4/c18-8-10-14(11-2-1-7-21-11)15-12(22-17(10)19)5-3-9-4-6-13(20)23-16(9)15/h1-7,14H,19H2/t14-/m0/s1. The normalized spacial score (nSPS) is 16.7. The number of allylic oxidation sites excluding steroid dienone is 1. The van der Waals surface area contributed by atoms with Crippen LogP contribution in [-0.4, -0.2) is 0 Å². The van der Waals surface area contributed by atoms with Crippen molar-refractivity contribution in [1.29, 1.82) is 5.26 Å². The predicted octanol–water partition coefficient (Wildman–Crippen LogP) is 2.60. The van der Waals surface area contributed by atoms with Crippen LogP contribution in [0.4, 0.5) is 0 Å². The summed E-state index contributed by atoms with van der Waals surface area (Å²) in [6, 6.07) is 12.0. The molecule has 2 aromatic heterocycles. The van der Waals surface area contributed by atoms with Crippen LogP contribution in [0.5, 0.6) is 5.75 Å². The molecule has 1 aliphatic rings. The van der Waals surface area contributed by atoms with Crippen LogP contribution in [0.2, 0.25) is 0 Å². The van der Waals surface area contributed by atoms with Gasteiger partial charge in [-0.25, -0.2) is 4.79 Å². The summed E-state index contributed by atoms with van der Waals surface area (Å²) < 4.78 is 16.4. The minimum Gasteiger partial charge on any atom is -0.468 e. The van der Waals surface area contributed by atoms with Crippen molar-refractivity contribution < 1.29 is 13.6 Å². The van der Waals surface area contributed by atoms with Crippen molar-refractivity contribution in [3.05, 3.63) is 75.9 Å². The van der Waals surface area contributed by atoms with Gasteiger partial charge in [0.05, 0.1) is 17.7 Å². The van der Waals surface area contributed by atoms with Gasteiger partial charge in [-0.3, -0.25) is 0 Å². The first-order valence-corrected chi connectivity index (χ1v) is 6.87. The monoisotopic (exact) mass is 306 g/mol. The first-order valence-electron chi connectivity index (χ1n) is 6.87. The summed E-state index contributed by atoms with van der Waals surface area (Å²) in [6.07, 6.45) is 1.51. The number of nitrogens with zero attached hydrogens (tertiary/aromatic N) is 1. The molecule has 112 valence electrons. The largest absolute Gasteiger partial charge is 0.468 e. The molecule has 6 heteroatoms. The summed E-state index contributed by atoms with van der Waals surface area (Å²) in [5.74, 6) is 0.379. The van der Waals surface area contributed by atoms with Crippen LogP contribution in [0.15, 0.2) is 67.7 Å². The highest BCUT2D eigenvalue weighted by Crippen LogP contribution is 2.45. The maximum atomic E-state index is 11.6. The average Bonchev–Trinajstić information content (AvgIpc) is 3.07. The van der Waals surface area contributed by atoms with Crippen molar-refractivity contribution in [2.24, 2.45) is 5.73 Å². The Morgan fingerprint density at radius 2 is 2.00 bits per heavy atom. The van der Waals surface area contributed by atoms with E-state index >= 15 is 0 Å². The van der Waals surface area contributed by atoms with Gasteiger partial charge < -0.3 is 19.3 Å². The van der Waals surface area contributed by atoms with E-state index in [0.717, 1.165) is 5.39 Å². The molecule has 3 heterocycles. The lowest BCUT2D eigenvalue weighted by molar-refractivity contribution is 0.382. The number of hydrogen-bond donors (Lipinski definition) is 1. The Morgan fingerprint density at radius 1 is 1.17 bits per heavy atom. The van der Waals surface area contributed by atoms with Gasteiger partial charge in [-0.2, -0.15) is 5.26 Å². The number of benzene rings is 1. The second-order valence-corrected chi connectivity index (χ2v) is 5.09. The minimum absolute atomic E-state index is 0.0130. The van der Waals surface area contributed by atoms with Gasteiger partial charge in [0.15, 0.2) is 0 Å². The number of nitriles is 1. The Kier molecular flexibility index (Phi) is 2.75. The van der Waals surface area contributed by atoms with E-state index in [1.54, 1.807) is 30.3 Å². The molecule has 0 aliphatic carbocycles. The van der Waals surface area contributed by atoms with Gasteiger partial charge in [0.2, 0.25) is 5.88 Å². The summed E-state index contributed by atoms with van der Waals surface area (Å²) in [5, 5.41) is 10.2. The van der Waals surface area contributed by atoms with Gasteiger partial charge in [0.25, 0.3) is 0 Å². The lowest BCUT2D eigenvalue weighted by Gasteiger charge is -2.25. The summed E-state index contributed by atoms with van der Waals surface area (Å²) >= 11 is 0. The van der Waals surface area contributed by atoms with Gasteiger partial charge in [0, 0.05) is 11.5 Å². The molecule has 3 aromatic rings. The van der Waals surface area contributed by atoms with Crippen LogP contribution in [0, 0.1) is 11.3 Å². The molecule has 23 heavy (non-hydrogen) atoms. The van der Waals surface area contributed by atoms with Crippen LogP contribution in [0.25, 0.3) is 11.0 Å². The first kappa shape index (κ1) is 13.2. The maximum absolute atomic E-state index is 11.6. The second-order valence-electron chi connectivity index (χ2n) is 5.09. The topological polar surface area (TPSA) is 102 Å². The molecule has 0 saturated carbocycles. The Bertz CT molecular complexity index is 1040. The number of rotatable bonds is 1. The predicted molar refractivity (Wildman–Crippen MR) is 80.5 cm³/mol. The van der Waals surface area contributed by atoms with E-state index in [1.165, 1.54) is 12.3 Å². The lowest BCUT2D eigenvalue weighted by Crippen LogP contribution is -2.21. The fourth-order valence-corrected chi connectivity index (χ4v) is 2.82. The van der Waals surface area contributed by atoms with E-state index in [-0.39, 0.29) is 11.5 Å². The van der Waals surface area contributed by atoms with E-state index in [2.05, 4.69) is 6.07 Å². The molecule has 1 aromatic carbocycles. The number of ether oxygens (including phenoxy) is 1. The first-order chi connectivity index (χ1) is 11.2. The third-order valence-corrected chi connectivity index (χ3v) is 3.80. The third-order valence-electron chi connectivity index (χ3n) is 3.80. The quantitative estimate of drug-likeness (QED) is 0.693. The summed E-state index contributed by atoms with van der Waals surface area (Å²) in [5.41, 5.74) is 6.52.